The number of nitrogens with zero attached hydrogens (tertiary/aromatic N) is 2. The number of aromatic nitrogens is 1. The number of carbonyl (C=O) groups excluding carboxylic acids is 1. The summed E-state index contributed by atoms with van der Waals surface area (Å²) in [6.45, 7) is 6.75. The molecule has 4 heteroatoms. The third kappa shape index (κ3) is 5.61. The molecule has 3 aromatic rings. The predicted octanol–water partition coefficient (Wildman–Crippen LogP) is 6.86. The van der Waals surface area contributed by atoms with E-state index < -0.39 is 0 Å². The Morgan fingerprint density at radius 2 is 1.73 bits per heavy atom. The first-order valence-corrected chi connectivity index (χ1v) is 12.6. The van der Waals surface area contributed by atoms with Gasteiger partial charge in [0, 0.05) is 42.8 Å². The van der Waals surface area contributed by atoms with Crippen molar-refractivity contribution in [2.45, 2.75) is 64.7 Å². The van der Waals surface area contributed by atoms with E-state index in [9.17, 15) is 4.79 Å². The summed E-state index contributed by atoms with van der Waals surface area (Å²) in [5.74, 6) is 1.49. The Labute approximate surface area is 198 Å². The topological polar surface area (TPSA) is 34.5 Å². The van der Waals surface area contributed by atoms with Gasteiger partial charge in [-0.15, -0.1) is 0 Å². The van der Waals surface area contributed by atoms with Crippen LogP contribution in [0, 0.1) is 6.92 Å². The van der Waals surface area contributed by atoms with E-state index in [-0.39, 0.29) is 5.91 Å². The Kier molecular flexibility index (Phi) is 7.74. The lowest BCUT2D eigenvalue weighted by Crippen LogP contribution is -2.37. The molecule has 2 heterocycles. The summed E-state index contributed by atoms with van der Waals surface area (Å²) in [6, 6.07) is 14.4. The Morgan fingerprint density at radius 1 is 1.00 bits per heavy atom. The standard InChI is InChI=1S/C29H38N2O2/c1-4-5-6-7-8-19-33-25-12-10-24(11-13-25)29(32)31-17-15-23(16-18-31)27-21-30(3)28-14-9-22(2)20-26(27)28/h9-14,20-21,23H,4-8,15-19H2,1-3H3. The SMILES string of the molecule is CCCCCCCOc1ccc(C(=O)N2CCC(c3cn(C)c4ccc(C)cc34)CC2)cc1. The fourth-order valence-electron chi connectivity index (χ4n) is 5.03. The number of aryl methyl sites for hydroxylation is 2. The number of ether oxygens (including phenoxy) is 1. The molecule has 0 saturated carbocycles. The van der Waals surface area contributed by atoms with Crippen molar-refractivity contribution in [1.29, 1.82) is 0 Å². The van der Waals surface area contributed by atoms with Crippen molar-refractivity contribution >= 4 is 16.8 Å². The van der Waals surface area contributed by atoms with Crippen molar-refractivity contribution < 1.29 is 9.53 Å². The molecule has 0 bridgehead atoms. The van der Waals surface area contributed by atoms with Crippen LogP contribution in [0.3, 0.4) is 0 Å². The molecule has 0 spiro atoms. The largest absolute Gasteiger partial charge is 0.494 e. The highest BCUT2D eigenvalue weighted by atomic mass is 16.5. The van der Waals surface area contributed by atoms with Crippen LogP contribution in [0.2, 0.25) is 0 Å². The summed E-state index contributed by atoms with van der Waals surface area (Å²) in [5, 5.41) is 1.36. The van der Waals surface area contributed by atoms with Crippen molar-refractivity contribution in [2.24, 2.45) is 7.05 Å². The molecule has 0 radical (unpaired) electrons. The van der Waals surface area contributed by atoms with Crippen molar-refractivity contribution in [3.8, 4) is 5.75 Å². The van der Waals surface area contributed by atoms with Gasteiger partial charge in [-0.05, 0) is 74.1 Å². The fourth-order valence-corrected chi connectivity index (χ4v) is 5.03. The Hall–Kier alpha value is -2.75. The van der Waals surface area contributed by atoms with E-state index in [4.69, 9.17) is 4.74 Å². The number of amides is 1. The quantitative estimate of drug-likeness (QED) is 0.337. The van der Waals surface area contributed by atoms with Gasteiger partial charge < -0.3 is 14.2 Å². The molecule has 0 unspecified atom stereocenters. The molecule has 0 aliphatic carbocycles. The zero-order valence-corrected chi connectivity index (χ0v) is 20.5. The minimum Gasteiger partial charge on any atom is -0.494 e. The second-order valence-electron chi connectivity index (χ2n) is 9.57. The zero-order chi connectivity index (χ0) is 23.2. The van der Waals surface area contributed by atoms with E-state index in [1.807, 2.05) is 29.2 Å². The summed E-state index contributed by atoms with van der Waals surface area (Å²) in [5.41, 5.74) is 4.77. The molecule has 1 amide bonds. The zero-order valence-electron chi connectivity index (χ0n) is 20.5. The summed E-state index contributed by atoms with van der Waals surface area (Å²) in [7, 11) is 2.12. The molecular formula is C29H38N2O2. The fraction of sp³-hybridized carbons (Fsp3) is 0.483. The molecule has 1 saturated heterocycles. The molecular weight excluding hydrogens is 408 g/mol. The number of fused-ring (bicyclic) bond motifs is 1. The number of unbranched alkanes of at least 4 members (excludes halogenated alkanes) is 4. The van der Waals surface area contributed by atoms with E-state index in [1.54, 1.807) is 0 Å². The molecule has 33 heavy (non-hydrogen) atoms. The van der Waals surface area contributed by atoms with Gasteiger partial charge in [0.2, 0.25) is 0 Å². The number of benzene rings is 2. The van der Waals surface area contributed by atoms with E-state index in [0.29, 0.717) is 5.92 Å². The highest BCUT2D eigenvalue weighted by molar-refractivity contribution is 5.94. The Bertz CT molecular complexity index is 1060. The monoisotopic (exact) mass is 446 g/mol. The molecule has 1 aliphatic rings. The van der Waals surface area contributed by atoms with Crippen LogP contribution in [0.15, 0.2) is 48.7 Å². The maximum Gasteiger partial charge on any atom is 0.253 e. The van der Waals surface area contributed by atoms with E-state index in [1.165, 1.54) is 47.7 Å². The molecule has 176 valence electrons. The first-order valence-electron chi connectivity index (χ1n) is 12.6. The lowest BCUT2D eigenvalue weighted by molar-refractivity contribution is 0.0713. The maximum atomic E-state index is 13.1. The molecule has 1 fully saturated rings. The van der Waals surface area contributed by atoms with Crippen LogP contribution in [0.1, 0.15) is 79.3 Å². The number of rotatable bonds is 9. The highest BCUT2D eigenvalue weighted by Gasteiger charge is 2.26. The average Bonchev–Trinajstić information content (AvgIpc) is 3.17. The van der Waals surface area contributed by atoms with Gasteiger partial charge in [0.1, 0.15) is 5.75 Å². The molecule has 4 nitrogen and oxygen atoms in total. The maximum absolute atomic E-state index is 13.1. The van der Waals surface area contributed by atoms with Crippen LogP contribution in [-0.4, -0.2) is 35.1 Å². The number of hydrogen-bond acceptors (Lipinski definition) is 2. The van der Waals surface area contributed by atoms with Crippen molar-refractivity contribution in [3.63, 3.8) is 0 Å². The van der Waals surface area contributed by atoms with Gasteiger partial charge in [0.25, 0.3) is 5.91 Å². The second kappa shape index (κ2) is 10.9. The second-order valence-corrected chi connectivity index (χ2v) is 9.57. The van der Waals surface area contributed by atoms with Gasteiger partial charge in [-0.2, -0.15) is 0 Å². The van der Waals surface area contributed by atoms with E-state index in [2.05, 4.69) is 49.9 Å². The summed E-state index contributed by atoms with van der Waals surface area (Å²) < 4.78 is 8.08. The lowest BCUT2D eigenvalue weighted by Gasteiger charge is -2.32. The van der Waals surface area contributed by atoms with E-state index >= 15 is 0 Å². The summed E-state index contributed by atoms with van der Waals surface area (Å²) in [6.07, 6.45) is 10.5. The Morgan fingerprint density at radius 3 is 2.45 bits per heavy atom. The molecule has 1 aliphatic heterocycles. The van der Waals surface area contributed by atoms with Gasteiger partial charge in [-0.1, -0.05) is 44.2 Å². The van der Waals surface area contributed by atoms with Crippen LogP contribution >= 0.6 is 0 Å². The summed E-state index contributed by atoms with van der Waals surface area (Å²) >= 11 is 0. The van der Waals surface area contributed by atoms with E-state index in [0.717, 1.165) is 50.3 Å². The predicted molar refractivity (Wildman–Crippen MR) is 136 cm³/mol. The van der Waals surface area contributed by atoms with Gasteiger partial charge >= 0.3 is 0 Å². The number of carbonyl (C=O) groups is 1. The molecule has 0 N–H and O–H groups in total. The van der Waals surface area contributed by atoms with Crippen LogP contribution < -0.4 is 4.74 Å². The van der Waals surface area contributed by atoms with Gasteiger partial charge in [-0.25, -0.2) is 0 Å². The van der Waals surface area contributed by atoms with Crippen LogP contribution in [-0.2, 0) is 7.05 Å². The van der Waals surface area contributed by atoms with Gasteiger partial charge in [0.15, 0.2) is 0 Å². The van der Waals surface area contributed by atoms with Crippen LogP contribution in [0.4, 0.5) is 0 Å². The van der Waals surface area contributed by atoms with Gasteiger partial charge in [0.05, 0.1) is 6.61 Å². The molecule has 4 rings (SSSR count). The minimum atomic E-state index is 0.133. The van der Waals surface area contributed by atoms with Crippen molar-refractivity contribution in [3.05, 3.63) is 65.4 Å². The number of piperidine rings is 1. The smallest absolute Gasteiger partial charge is 0.253 e. The average molecular weight is 447 g/mol. The normalized spacial score (nSPS) is 14.7. The van der Waals surface area contributed by atoms with Crippen molar-refractivity contribution in [1.82, 2.24) is 9.47 Å². The number of hydrogen-bond donors (Lipinski definition) is 0. The van der Waals surface area contributed by atoms with Gasteiger partial charge in [-0.3, -0.25) is 4.79 Å². The number of likely N-dealkylation sites (tertiary alicyclic amines) is 1. The lowest BCUT2D eigenvalue weighted by atomic mass is 9.88. The Balaban J connectivity index is 1.30. The third-order valence-electron chi connectivity index (χ3n) is 7.02. The minimum absolute atomic E-state index is 0.133. The summed E-state index contributed by atoms with van der Waals surface area (Å²) in [4.78, 5) is 15.1. The third-order valence-corrected chi connectivity index (χ3v) is 7.02. The first kappa shape index (κ1) is 23.4. The molecule has 1 aromatic heterocycles. The van der Waals surface area contributed by atoms with Crippen molar-refractivity contribution in [2.75, 3.05) is 19.7 Å². The highest BCUT2D eigenvalue weighted by Crippen LogP contribution is 2.35. The van der Waals surface area contributed by atoms with Crippen LogP contribution in [0.25, 0.3) is 10.9 Å². The molecule has 0 atom stereocenters. The first-order chi connectivity index (χ1) is 16.1. The molecule has 2 aromatic carbocycles. The van der Waals surface area contributed by atoms with Crippen LogP contribution in [0.5, 0.6) is 5.75 Å².